The van der Waals surface area contributed by atoms with Gasteiger partial charge in [-0.05, 0) is 13.3 Å². The Morgan fingerprint density at radius 1 is 1.40 bits per heavy atom. The average molecular weight is 283 g/mol. The molecule has 2 atom stereocenters. The molecule has 2 rings (SSSR count). The van der Waals surface area contributed by atoms with E-state index in [1.807, 2.05) is 0 Å². The van der Waals surface area contributed by atoms with E-state index < -0.39 is 12.1 Å². The van der Waals surface area contributed by atoms with Crippen LogP contribution in [0.3, 0.4) is 0 Å². The molecule has 0 saturated carbocycles. The molecular weight excluding hydrogens is 262 g/mol. The Bertz CT molecular complexity index is 416. The predicted molar refractivity (Wildman–Crippen MR) is 72.5 cm³/mol. The van der Waals surface area contributed by atoms with Crippen molar-refractivity contribution in [3.63, 3.8) is 0 Å². The fourth-order valence-corrected chi connectivity index (χ4v) is 2.48. The third kappa shape index (κ3) is 3.09. The first-order valence-corrected chi connectivity index (χ1v) is 7.01. The largest absolute Gasteiger partial charge is 0.477 e. The molecule has 0 bridgehead atoms. The highest BCUT2D eigenvalue weighted by Crippen LogP contribution is 2.16. The molecule has 1 N–H and O–H groups in total. The Hall–Kier alpha value is -1.63. The molecule has 2 unspecified atom stereocenters. The molecule has 1 saturated heterocycles. The summed E-state index contributed by atoms with van der Waals surface area (Å²) in [5, 5.41) is 12.3. The SMILES string of the molecule is CCC(C)N1CCN(C(=O)C2CC(C(=O)O)=NO2)CC1. The van der Waals surface area contributed by atoms with Crippen molar-refractivity contribution >= 4 is 17.6 Å². The molecule has 7 nitrogen and oxygen atoms in total. The maximum atomic E-state index is 12.2. The highest BCUT2D eigenvalue weighted by molar-refractivity contribution is 6.36. The minimum atomic E-state index is -1.12. The second-order valence-electron chi connectivity index (χ2n) is 5.26. The molecule has 0 spiro atoms. The number of hydrogen-bond donors (Lipinski definition) is 1. The number of aliphatic carboxylic acids is 1. The van der Waals surface area contributed by atoms with E-state index in [0.717, 1.165) is 19.5 Å². The smallest absolute Gasteiger partial charge is 0.353 e. The molecule has 0 radical (unpaired) electrons. The summed E-state index contributed by atoms with van der Waals surface area (Å²) in [7, 11) is 0. The van der Waals surface area contributed by atoms with Gasteiger partial charge in [0.2, 0.25) is 6.10 Å². The van der Waals surface area contributed by atoms with Crippen molar-refractivity contribution in [2.75, 3.05) is 26.2 Å². The van der Waals surface area contributed by atoms with Crippen LogP contribution in [0.5, 0.6) is 0 Å². The summed E-state index contributed by atoms with van der Waals surface area (Å²) in [6.07, 6.45) is 0.381. The highest BCUT2D eigenvalue weighted by atomic mass is 16.6. The van der Waals surface area contributed by atoms with Gasteiger partial charge in [-0.25, -0.2) is 4.79 Å². The number of carboxylic acids is 1. The molecule has 2 aliphatic rings. The Kier molecular flexibility index (Phi) is 4.59. The number of carbonyl (C=O) groups is 2. The summed E-state index contributed by atoms with van der Waals surface area (Å²) < 4.78 is 0. The van der Waals surface area contributed by atoms with Crippen molar-refractivity contribution in [3.8, 4) is 0 Å². The van der Waals surface area contributed by atoms with Crippen LogP contribution in [-0.4, -0.2) is 70.8 Å². The van der Waals surface area contributed by atoms with E-state index in [9.17, 15) is 9.59 Å². The topological polar surface area (TPSA) is 82.4 Å². The van der Waals surface area contributed by atoms with E-state index in [2.05, 4.69) is 23.9 Å². The van der Waals surface area contributed by atoms with Gasteiger partial charge in [-0.1, -0.05) is 12.1 Å². The molecule has 1 amide bonds. The lowest BCUT2D eigenvalue weighted by molar-refractivity contribution is -0.144. The van der Waals surface area contributed by atoms with Crippen LogP contribution in [0.1, 0.15) is 26.7 Å². The zero-order chi connectivity index (χ0) is 14.7. The minimum absolute atomic E-state index is 0.0553. The number of carbonyl (C=O) groups excluding carboxylic acids is 1. The van der Waals surface area contributed by atoms with Crippen molar-refractivity contribution < 1.29 is 19.5 Å². The summed E-state index contributed by atoms with van der Waals surface area (Å²) in [6, 6.07) is 0.525. The molecule has 112 valence electrons. The first-order valence-electron chi connectivity index (χ1n) is 7.01. The number of oxime groups is 1. The van der Waals surface area contributed by atoms with Crippen molar-refractivity contribution in [1.29, 1.82) is 0 Å². The van der Waals surface area contributed by atoms with Gasteiger partial charge in [0, 0.05) is 38.6 Å². The van der Waals surface area contributed by atoms with Gasteiger partial charge in [-0.3, -0.25) is 9.69 Å². The summed E-state index contributed by atoms with van der Waals surface area (Å²) in [5.74, 6) is -1.28. The first-order chi connectivity index (χ1) is 9.52. The fourth-order valence-electron chi connectivity index (χ4n) is 2.48. The second kappa shape index (κ2) is 6.21. The predicted octanol–water partition coefficient (Wildman–Crippen LogP) is 0.159. The van der Waals surface area contributed by atoms with Crippen LogP contribution < -0.4 is 0 Å². The van der Waals surface area contributed by atoms with Gasteiger partial charge in [0.15, 0.2) is 5.71 Å². The molecule has 7 heteroatoms. The van der Waals surface area contributed by atoms with Gasteiger partial charge in [-0.15, -0.1) is 0 Å². The van der Waals surface area contributed by atoms with Crippen molar-refractivity contribution in [1.82, 2.24) is 9.80 Å². The number of hydrogen-bond acceptors (Lipinski definition) is 5. The summed E-state index contributed by atoms with van der Waals surface area (Å²) in [6.45, 7) is 7.35. The quantitative estimate of drug-likeness (QED) is 0.794. The third-order valence-electron chi connectivity index (χ3n) is 4.03. The number of amides is 1. The van der Waals surface area contributed by atoms with Crippen LogP contribution in [0.2, 0.25) is 0 Å². The second-order valence-corrected chi connectivity index (χ2v) is 5.26. The average Bonchev–Trinajstić information content (AvgIpc) is 2.96. The molecule has 1 fully saturated rings. The lowest BCUT2D eigenvalue weighted by Crippen LogP contribution is -2.53. The lowest BCUT2D eigenvalue weighted by atomic mass is 10.1. The monoisotopic (exact) mass is 283 g/mol. The maximum Gasteiger partial charge on any atom is 0.353 e. The summed E-state index contributed by atoms with van der Waals surface area (Å²) >= 11 is 0. The van der Waals surface area contributed by atoms with Crippen LogP contribution in [0.4, 0.5) is 0 Å². The van der Waals surface area contributed by atoms with E-state index >= 15 is 0 Å². The Balaban J connectivity index is 1.83. The molecule has 2 aliphatic heterocycles. The van der Waals surface area contributed by atoms with Crippen molar-refractivity contribution in [3.05, 3.63) is 0 Å². The van der Waals surface area contributed by atoms with Crippen LogP contribution in [0.25, 0.3) is 0 Å². The number of nitrogens with zero attached hydrogens (tertiary/aromatic N) is 3. The first kappa shape index (κ1) is 14.8. The van der Waals surface area contributed by atoms with Crippen LogP contribution in [0, 0.1) is 0 Å². The highest BCUT2D eigenvalue weighted by Gasteiger charge is 2.35. The van der Waals surface area contributed by atoms with Gasteiger partial charge in [0.1, 0.15) is 0 Å². The molecule has 20 heavy (non-hydrogen) atoms. The van der Waals surface area contributed by atoms with Gasteiger partial charge < -0.3 is 14.8 Å². The normalized spacial score (nSPS) is 25.0. The number of piperazine rings is 1. The van der Waals surface area contributed by atoms with Crippen LogP contribution >= 0.6 is 0 Å². The summed E-state index contributed by atoms with van der Waals surface area (Å²) in [4.78, 5) is 32.0. The Morgan fingerprint density at radius 3 is 2.55 bits per heavy atom. The molecule has 0 aromatic carbocycles. The van der Waals surface area contributed by atoms with Gasteiger partial charge in [-0.2, -0.15) is 0 Å². The van der Waals surface area contributed by atoms with E-state index in [1.165, 1.54) is 0 Å². The Labute approximate surface area is 118 Å². The molecule has 0 aliphatic carbocycles. The zero-order valence-corrected chi connectivity index (χ0v) is 11.9. The summed E-state index contributed by atoms with van der Waals surface area (Å²) in [5.41, 5.74) is -0.0819. The van der Waals surface area contributed by atoms with Gasteiger partial charge in [0.25, 0.3) is 5.91 Å². The number of rotatable bonds is 4. The molecule has 0 aromatic rings. The molecule has 0 aromatic heterocycles. The van der Waals surface area contributed by atoms with Gasteiger partial charge in [0.05, 0.1) is 0 Å². The van der Waals surface area contributed by atoms with E-state index in [0.29, 0.717) is 19.1 Å². The Morgan fingerprint density at radius 2 is 2.05 bits per heavy atom. The zero-order valence-electron chi connectivity index (χ0n) is 11.9. The van der Waals surface area contributed by atoms with E-state index in [-0.39, 0.29) is 18.0 Å². The molecule has 2 heterocycles. The molecular formula is C13H21N3O4. The standard InChI is InChI=1S/C13H21N3O4/c1-3-9(2)15-4-6-16(7-5-15)12(17)11-8-10(13(18)19)14-20-11/h9,11H,3-8H2,1-2H3,(H,18,19). The van der Waals surface area contributed by atoms with Crippen LogP contribution in [0.15, 0.2) is 5.16 Å². The van der Waals surface area contributed by atoms with Crippen molar-refractivity contribution in [2.45, 2.75) is 38.8 Å². The van der Waals surface area contributed by atoms with Gasteiger partial charge >= 0.3 is 5.97 Å². The van der Waals surface area contributed by atoms with Crippen molar-refractivity contribution in [2.24, 2.45) is 5.16 Å². The minimum Gasteiger partial charge on any atom is -0.477 e. The fraction of sp³-hybridized carbons (Fsp3) is 0.769. The van der Waals surface area contributed by atoms with E-state index in [4.69, 9.17) is 9.94 Å². The lowest BCUT2D eigenvalue weighted by Gasteiger charge is -2.38. The van der Waals surface area contributed by atoms with E-state index in [1.54, 1.807) is 4.90 Å². The van der Waals surface area contributed by atoms with Crippen LogP contribution in [-0.2, 0) is 14.4 Å². The number of carboxylic acid groups (broad SMARTS) is 1. The maximum absolute atomic E-state index is 12.2. The third-order valence-corrected chi connectivity index (χ3v) is 4.03.